The van der Waals surface area contributed by atoms with E-state index in [4.69, 9.17) is 10.5 Å². The molecule has 1 aromatic rings. The van der Waals surface area contributed by atoms with Gasteiger partial charge >= 0.3 is 0 Å². The van der Waals surface area contributed by atoms with Crippen molar-refractivity contribution in [2.45, 2.75) is 32.7 Å². The molecule has 0 spiro atoms. The Morgan fingerprint density at radius 1 is 1.22 bits per heavy atom. The fourth-order valence-corrected chi connectivity index (χ4v) is 2.59. The quantitative estimate of drug-likeness (QED) is 0.871. The Morgan fingerprint density at radius 2 is 1.83 bits per heavy atom. The van der Waals surface area contributed by atoms with Crippen molar-refractivity contribution in [3.05, 3.63) is 28.8 Å². The fraction of sp³-hybridized carbons (Fsp3) is 0.600. The molecule has 1 aromatic carbocycles. The molecule has 0 aliphatic carbocycles. The summed E-state index contributed by atoms with van der Waals surface area (Å²) in [6.45, 7) is 7.13. The van der Waals surface area contributed by atoms with Crippen molar-refractivity contribution in [1.29, 1.82) is 0 Å². The molecule has 1 rings (SSSR count). The van der Waals surface area contributed by atoms with Gasteiger partial charge in [-0.15, -0.1) is 0 Å². The van der Waals surface area contributed by atoms with E-state index in [0.29, 0.717) is 18.5 Å². The Balaban J connectivity index is 3.13. The predicted molar refractivity (Wildman–Crippen MR) is 77.4 cm³/mol. The minimum Gasteiger partial charge on any atom is -0.496 e. The molecular formula is C15H26N2O. The molecule has 0 saturated carbocycles. The topological polar surface area (TPSA) is 38.5 Å². The maximum atomic E-state index is 5.89. The van der Waals surface area contributed by atoms with Gasteiger partial charge in [-0.2, -0.15) is 0 Å². The monoisotopic (exact) mass is 250 g/mol. The first-order valence-electron chi connectivity index (χ1n) is 6.44. The van der Waals surface area contributed by atoms with Gasteiger partial charge in [-0.1, -0.05) is 13.0 Å². The van der Waals surface area contributed by atoms with Gasteiger partial charge in [-0.3, -0.25) is 0 Å². The zero-order valence-corrected chi connectivity index (χ0v) is 12.4. The molecule has 0 fully saturated rings. The number of aryl methyl sites for hydroxylation is 2. The summed E-state index contributed by atoms with van der Waals surface area (Å²) in [5.41, 5.74) is 9.70. The molecule has 0 heterocycles. The van der Waals surface area contributed by atoms with Crippen LogP contribution in [0.1, 0.15) is 29.5 Å². The number of rotatable bonds is 5. The number of hydrogen-bond acceptors (Lipinski definition) is 3. The summed E-state index contributed by atoms with van der Waals surface area (Å²) in [7, 11) is 5.88. The van der Waals surface area contributed by atoms with Crippen molar-refractivity contribution in [1.82, 2.24) is 4.90 Å². The lowest BCUT2D eigenvalue weighted by Crippen LogP contribution is -2.39. The van der Waals surface area contributed by atoms with E-state index >= 15 is 0 Å². The summed E-state index contributed by atoms with van der Waals surface area (Å²) < 4.78 is 5.36. The van der Waals surface area contributed by atoms with Crippen LogP contribution in [0.25, 0.3) is 0 Å². The molecule has 2 atom stereocenters. The lowest BCUT2D eigenvalue weighted by Gasteiger charge is -2.30. The van der Waals surface area contributed by atoms with E-state index in [1.54, 1.807) is 7.11 Å². The van der Waals surface area contributed by atoms with Gasteiger partial charge in [0.2, 0.25) is 0 Å². The third-order valence-electron chi connectivity index (χ3n) is 3.76. The van der Waals surface area contributed by atoms with Gasteiger partial charge in [-0.25, -0.2) is 0 Å². The number of methoxy groups -OCH3 is 1. The second kappa shape index (κ2) is 6.21. The molecule has 0 bridgehead atoms. The van der Waals surface area contributed by atoms with Crippen LogP contribution >= 0.6 is 0 Å². The van der Waals surface area contributed by atoms with Crippen LogP contribution in [-0.2, 0) is 0 Å². The van der Waals surface area contributed by atoms with E-state index < -0.39 is 0 Å². The Labute approximate surface area is 111 Å². The molecular weight excluding hydrogens is 224 g/mol. The highest BCUT2D eigenvalue weighted by Gasteiger charge is 2.21. The average molecular weight is 250 g/mol. The second-order valence-electron chi connectivity index (χ2n) is 5.23. The van der Waals surface area contributed by atoms with E-state index in [9.17, 15) is 0 Å². The van der Waals surface area contributed by atoms with Crippen LogP contribution in [0.3, 0.4) is 0 Å². The predicted octanol–water partition coefficient (Wildman–Crippen LogP) is 2.30. The lowest BCUT2D eigenvalue weighted by atomic mass is 9.88. The van der Waals surface area contributed by atoms with Crippen LogP contribution in [0.15, 0.2) is 12.1 Å². The normalized spacial score (nSPS) is 14.7. The van der Waals surface area contributed by atoms with Crippen LogP contribution in [0.5, 0.6) is 5.75 Å². The summed E-state index contributed by atoms with van der Waals surface area (Å²) in [5, 5.41) is 0. The smallest absolute Gasteiger partial charge is 0.122 e. The van der Waals surface area contributed by atoms with Crippen LogP contribution in [0.4, 0.5) is 0 Å². The molecule has 3 heteroatoms. The van der Waals surface area contributed by atoms with Crippen molar-refractivity contribution in [3.8, 4) is 5.75 Å². The minimum atomic E-state index is 0.358. The molecule has 0 saturated heterocycles. The Bertz CT molecular complexity index is 402. The molecule has 3 nitrogen and oxygen atoms in total. The Morgan fingerprint density at radius 3 is 2.28 bits per heavy atom. The largest absolute Gasteiger partial charge is 0.496 e. The first-order valence-corrected chi connectivity index (χ1v) is 6.44. The number of nitrogens with zero attached hydrogens (tertiary/aromatic N) is 1. The Kier molecular flexibility index (Phi) is 5.17. The standard InChI is InChI=1S/C15H26N2O/c1-10-8-15(18-6)11(2)7-13(10)12(3)14(9-16)17(4)5/h7-8,12,14H,9,16H2,1-6H3. The van der Waals surface area contributed by atoms with E-state index in [-0.39, 0.29) is 0 Å². The van der Waals surface area contributed by atoms with Crippen LogP contribution in [0.2, 0.25) is 0 Å². The van der Waals surface area contributed by atoms with Gasteiger partial charge in [0.1, 0.15) is 5.75 Å². The van der Waals surface area contributed by atoms with E-state index in [2.05, 4.69) is 51.9 Å². The number of likely N-dealkylation sites (N-methyl/N-ethyl adjacent to an activating group) is 1. The molecule has 2 unspecified atom stereocenters. The van der Waals surface area contributed by atoms with Crippen molar-refractivity contribution in [3.63, 3.8) is 0 Å². The number of nitrogens with two attached hydrogens (primary N) is 1. The van der Waals surface area contributed by atoms with Crippen LogP contribution < -0.4 is 10.5 Å². The third-order valence-corrected chi connectivity index (χ3v) is 3.76. The number of ether oxygens (including phenoxy) is 1. The van der Waals surface area contributed by atoms with Gasteiger partial charge in [0, 0.05) is 12.6 Å². The van der Waals surface area contributed by atoms with Crippen LogP contribution in [-0.4, -0.2) is 38.7 Å². The molecule has 18 heavy (non-hydrogen) atoms. The van der Waals surface area contributed by atoms with Gasteiger partial charge < -0.3 is 15.4 Å². The average Bonchev–Trinajstić information content (AvgIpc) is 2.31. The molecule has 0 aliphatic heterocycles. The molecule has 2 N–H and O–H groups in total. The summed E-state index contributed by atoms with van der Waals surface area (Å²) in [6.07, 6.45) is 0. The third kappa shape index (κ3) is 3.03. The SMILES string of the molecule is COc1cc(C)c(C(C)C(CN)N(C)C)cc1C. The summed E-state index contributed by atoms with van der Waals surface area (Å²) in [4.78, 5) is 2.20. The zero-order chi connectivity index (χ0) is 13.9. The highest BCUT2D eigenvalue weighted by molar-refractivity contribution is 5.43. The zero-order valence-electron chi connectivity index (χ0n) is 12.4. The van der Waals surface area contributed by atoms with Crippen molar-refractivity contribution >= 4 is 0 Å². The number of benzene rings is 1. The maximum absolute atomic E-state index is 5.89. The maximum Gasteiger partial charge on any atom is 0.122 e. The first kappa shape index (κ1) is 15.0. The Hall–Kier alpha value is -1.06. The minimum absolute atomic E-state index is 0.358. The lowest BCUT2D eigenvalue weighted by molar-refractivity contribution is 0.266. The van der Waals surface area contributed by atoms with Crippen molar-refractivity contribution in [2.24, 2.45) is 5.73 Å². The van der Waals surface area contributed by atoms with Crippen molar-refractivity contribution in [2.75, 3.05) is 27.7 Å². The highest BCUT2D eigenvalue weighted by Crippen LogP contribution is 2.30. The summed E-state index contributed by atoms with van der Waals surface area (Å²) in [5.74, 6) is 1.37. The molecule has 0 radical (unpaired) electrons. The van der Waals surface area contributed by atoms with E-state index in [1.165, 1.54) is 16.7 Å². The highest BCUT2D eigenvalue weighted by atomic mass is 16.5. The fourth-order valence-electron chi connectivity index (χ4n) is 2.59. The molecule has 0 aromatic heterocycles. The second-order valence-corrected chi connectivity index (χ2v) is 5.23. The number of hydrogen-bond donors (Lipinski definition) is 1. The van der Waals surface area contributed by atoms with E-state index in [0.717, 1.165) is 5.75 Å². The summed E-state index contributed by atoms with van der Waals surface area (Å²) >= 11 is 0. The summed E-state index contributed by atoms with van der Waals surface area (Å²) in [6, 6.07) is 4.70. The molecule has 102 valence electrons. The first-order chi connectivity index (χ1) is 8.42. The van der Waals surface area contributed by atoms with Crippen molar-refractivity contribution < 1.29 is 4.74 Å². The van der Waals surface area contributed by atoms with Gasteiger partial charge in [0.05, 0.1) is 7.11 Å². The van der Waals surface area contributed by atoms with Gasteiger partial charge in [0.15, 0.2) is 0 Å². The van der Waals surface area contributed by atoms with Gasteiger partial charge in [0.25, 0.3) is 0 Å². The van der Waals surface area contributed by atoms with E-state index in [1.807, 2.05) is 0 Å². The van der Waals surface area contributed by atoms with Gasteiger partial charge in [-0.05, 0) is 56.6 Å². The van der Waals surface area contributed by atoms with Crippen LogP contribution in [0, 0.1) is 13.8 Å². The molecule has 0 aliphatic rings. The molecule has 0 amide bonds.